The summed E-state index contributed by atoms with van der Waals surface area (Å²) in [6.07, 6.45) is -0.807. The van der Waals surface area contributed by atoms with Gasteiger partial charge < -0.3 is 58.0 Å². The number of aryl methyl sites for hydroxylation is 2. The number of hydrogen-bond acceptors (Lipinski definition) is 8. The average Bonchev–Trinajstić information content (AvgIpc) is 4.00. The van der Waals surface area contributed by atoms with Gasteiger partial charge in [0.15, 0.2) is 17.9 Å². The number of aliphatic hydroxyl groups is 2. The van der Waals surface area contributed by atoms with E-state index < -0.39 is 12.2 Å². The Kier molecular flexibility index (Phi) is 13.9. The zero-order valence-electron chi connectivity index (χ0n) is 31.2. The molecule has 0 radical (unpaired) electrons. The van der Waals surface area contributed by atoms with Gasteiger partial charge in [-0.05, 0) is 80.4 Å². The second-order valence-corrected chi connectivity index (χ2v) is 13.6. The molecular formula is C38H43Cl2N13O4. The quantitative estimate of drug-likeness (QED) is 0.0585. The number of amidine groups is 1. The first kappa shape index (κ1) is 41.8. The van der Waals surface area contributed by atoms with Crippen LogP contribution in [0.4, 0.5) is 0 Å². The predicted molar refractivity (Wildman–Crippen MR) is 219 cm³/mol. The highest BCUT2D eigenvalue weighted by atomic mass is 35.5. The Bertz CT molecular complexity index is 2350. The van der Waals surface area contributed by atoms with Crippen LogP contribution in [-0.4, -0.2) is 70.3 Å². The van der Waals surface area contributed by atoms with Gasteiger partial charge in [0.2, 0.25) is 0 Å². The third kappa shape index (κ3) is 11.1. The maximum atomic E-state index is 12.8. The van der Waals surface area contributed by atoms with E-state index in [0.29, 0.717) is 61.7 Å². The minimum absolute atomic E-state index is 0.0939. The van der Waals surface area contributed by atoms with Gasteiger partial charge in [0.05, 0.1) is 37.0 Å². The van der Waals surface area contributed by atoms with Crippen LogP contribution < -0.4 is 27.8 Å². The van der Waals surface area contributed by atoms with E-state index in [1.54, 1.807) is 57.2 Å². The molecular weight excluding hydrogens is 773 g/mol. The molecule has 0 saturated heterocycles. The van der Waals surface area contributed by atoms with Gasteiger partial charge in [-0.1, -0.05) is 47.5 Å². The molecule has 19 heteroatoms. The number of rotatable bonds is 13. The van der Waals surface area contributed by atoms with Crippen LogP contribution in [0.25, 0.3) is 22.5 Å². The van der Waals surface area contributed by atoms with Gasteiger partial charge >= 0.3 is 0 Å². The lowest BCUT2D eigenvalue weighted by molar-refractivity contribution is 0.0924. The smallest absolute Gasteiger partial charge is 0.269 e. The minimum atomic E-state index is -0.807. The molecule has 2 aromatic carbocycles. The Morgan fingerprint density at radius 1 is 0.702 bits per heavy atom. The molecule has 57 heavy (non-hydrogen) atoms. The van der Waals surface area contributed by atoms with Crippen molar-refractivity contribution in [2.45, 2.75) is 46.2 Å². The third-order valence-corrected chi connectivity index (χ3v) is 8.93. The third-order valence-electron chi connectivity index (χ3n) is 8.43. The highest BCUT2D eigenvalue weighted by Gasteiger charge is 2.22. The first-order valence-corrected chi connectivity index (χ1v) is 18.2. The molecule has 0 spiro atoms. The summed E-state index contributed by atoms with van der Waals surface area (Å²) in [4.78, 5) is 54.5. The number of amides is 2. The monoisotopic (exact) mass is 815 g/mol. The van der Waals surface area contributed by atoms with E-state index in [1.165, 1.54) is 0 Å². The number of aliphatic imine (C=N–C) groups is 2. The van der Waals surface area contributed by atoms with Crippen LogP contribution in [0.5, 0.6) is 0 Å². The molecule has 298 valence electrons. The van der Waals surface area contributed by atoms with E-state index in [4.69, 9.17) is 40.4 Å². The van der Waals surface area contributed by atoms with Gasteiger partial charge in [0.1, 0.15) is 23.3 Å². The van der Waals surface area contributed by atoms with E-state index >= 15 is 0 Å². The standard InChI is InChI=1S/C19H22ClN7O2.C19H21ClN6O2/c1-10-16(9-28)26-17(24-10)15(8-23-19(21)22)27-18(29)14-7-6-13(25-14)11-2-4-12(20)5-3-11;1-10-16(9-27)25-17(22-10)18(23-11(2)21)26-19(28)15-8-7-14(24-15)12-3-5-13(20)6-4-12/h2-7,15,25,28H,8-9H2,1H3,(H,24,26)(H,27,29)(H4,21,22,23);3-8,18,24,27H,9H2,1-2H3,(H2,21,23)(H,22,25)(H,26,28). The van der Waals surface area contributed by atoms with Crippen molar-refractivity contribution in [3.63, 3.8) is 0 Å². The van der Waals surface area contributed by atoms with Gasteiger partial charge in [-0.25, -0.2) is 15.0 Å². The molecule has 0 fully saturated rings. The summed E-state index contributed by atoms with van der Waals surface area (Å²) < 4.78 is 0. The number of aliphatic hydroxyl groups excluding tert-OH is 2. The largest absolute Gasteiger partial charge is 0.390 e. The van der Waals surface area contributed by atoms with Crippen molar-refractivity contribution in [3.8, 4) is 22.5 Å². The lowest BCUT2D eigenvalue weighted by Crippen LogP contribution is -2.33. The van der Waals surface area contributed by atoms with Crippen LogP contribution in [0.3, 0.4) is 0 Å². The molecule has 2 atom stereocenters. The highest BCUT2D eigenvalue weighted by molar-refractivity contribution is 6.30. The van der Waals surface area contributed by atoms with Gasteiger partial charge in [0, 0.05) is 32.8 Å². The number of halogens is 2. The second kappa shape index (κ2) is 19.0. The molecule has 0 aliphatic heterocycles. The maximum absolute atomic E-state index is 12.8. The van der Waals surface area contributed by atoms with Crippen LogP contribution in [0, 0.1) is 13.8 Å². The molecule has 0 saturated carbocycles. The van der Waals surface area contributed by atoms with E-state index in [-0.39, 0.29) is 37.5 Å². The molecule has 14 N–H and O–H groups in total. The summed E-state index contributed by atoms with van der Waals surface area (Å²) in [5, 5.41) is 25.6. The van der Waals surface area contributed by atoms with Crippen LogP contribution in [0.1, 0.15) is 74.5 Å². The van der Waals surface area contributed by atoms with Crippen molar-refractivity contribution < 1.29 is 19.8 Å². The average molecular weight is 817 g/mol. The Hall–Kier alpha value is -6.40. The van der Waals surface area contributed by atoms with Gasteiger partial charge in [-0.15, -0.1) is 0 Å². The fourth-order valence-corrected chi connectivity index (χ4v) is 5.75. The lowest BCUT2D eigenvalue weighted by Gasteiger charge is -2.14. The van der Waals surface area contributed by atoms with Crippen molar-refractivity contribution in [2.24, 2.45) is 27.2 Å². The summed E-state index contributed by atoms with van der Waals surface area (Å²) in [5.41, 5.74) is 23.1. The normalized spacial score (nSPS) is 12.3. The Balaban J connectivity index is 0.000000218. The molecule has 6 aromatic rings. The number of H-pyrrole nitrogens is 4. The lowest BCUT2D eigenvalue weighted by atomic mass is 10.2. The fraction of sp³-hybridized carbons (Fsp3) is 0.211. The SMILES string of the molecule is CC(N)=NC(NC(=O)c1ccc(-c2ccc(Cl)cc2)[nH]1)c1nc(CO)c(C)[nH]1.Cc1[nH]c(C(CN=C(N)N)NC(=O)c2ccc(-c3ccc(Cl)cc3)[nH]2)nc1CO. The van der Waals surface area contributed by atoms with Crippen molar-refractivity contribution in [1.29, 1.82) is 0 Å². The number of aromatic nitrogens is 6. The van der Waals surface area contributed by atoms with Crippen molar-refractivity contribution in [2.75, 3.05) is 6.54 Å². The molecule has 4 heterocycles. The first-order chi connectivity index (χ1) is 27.2. The minimum Gasteiger partial charge on any atom is -0.390 e. The zero-order valence-corrected chi connectivity index (χ0v) is 32.7. The van der Waals surface area contributed by atoms with Gasteiger partial charge in [-0.3, -0.25) is 14.6 Å². The fourth-order valence-electron chi connectivity index (χ4n) is 5.50. The Labute approximate surface area is 337 Å². The van der Waals surface area contributed by atoms with Crippen molar-refractivity contribution >= 4 is 46.8 Å². The predicted octanol–water partition coefficient (Wildman–Crippen LogP) is 4.27. The number of benzene rings is 2. The highest BCUT2D eigenvalue weighted by Crippen LogP contribution is 2.23. The van der Waals surface area contributed by atoms with Crippen molar-refractivity contribution in [1.82, 2.24) is 40.5 Å². The summed E-state index contributed by atoms with van der Waals surface area (Å²) in [5.74, 6) is 0.326. The number of carbonyl (C=O) groups excluding carboxylic acids is 2. The maximum Gasteiger partial charge on any atom is 0.269 e. The van der Waals surface area contributed by atoms with Crippen molar-refractivity contribution in [3.05, 3.63) is 129 Å². The molecule has 4 aromatic heterocycles. The van der Waals surface area contributed by atoms with Gasteiger partial charge in [0.25, 0.3) is 11.8 Å². The zero-order chi connectivity index (χ0) is 41.2. The van der Waals surface area contributed by atoms with E-state index in [1.807, 2.05) is 36.4 Å². The summed E-state index contributed by atoms with van der Waals surface area (Å²) >= 11 is 11.8. The first-order valence-electron chi connectivity index (χ1n) is 17.4. The number of carbonyl (C=O) groups is 2. The van der Waals surface area contributed by atoms with Crippen LogP contribution in [-0.2, 0) is 13.2 Å². The van der Waals surface area contributed by atoms with E-state index in [0.717, 1.165) is 22.5 Å². The van der Waals surface area contributed by atoms with Crippen LogP contribution >= 0.6 is 23.2 Å². The molecule has 6 rings (SSSR count). The number of guanidine groups is 1. The van der Waals surface area contributed by atoms with E-state index in [2.05, 4.69) is 50.5 Å². The van der Waals surface area contributed by atoms with Crippen LogP contribution in [0.2, 0.25) is 10.0 Å². The number of nitrogens with zero attached hydrogens (tertiary/aromatic N) is 4. The molecule has 2 amide bonds. The second-order valence-electron chi connectivity index (χ2n) is 12.7. The number of nitrogens with two attached hydrogens (primary N) is 3. The number of hydrogen-bond donors (Lipinski definition) is 11. The van der Waals surface area contributed by atoms with E-state index in [9.17, 15) is 19.8 Å². The Morgan fingerprint density at radius 3 is 1.60 bits per heavy atom. The molecule has 0 aliphatic carbocycles. The summed E-state index contributed by atoms with van der Waals surface area (Å²) in [6.45, 7) is 4.85. The molecule has 2 unspecified atom stereocenters. The Morgan fingerprint density at radius 2 is 1.16 bits per heavy atom. The van der Waals surface area contributed by atoms with Crippen LogP contribution in [0.15, 0.2) is 82.8 Å². The summed E-state index contributed by atoms with van der Waals surface area (Å²) in [6, 6.07) is 21.0. The number of imidazole rings is 2. The van der Waals surface area contributed by atoms with Gasteiger partial charge in [-0.2, -0.15) is 0 Å². The molecule has 17 nitrogen and oxygen atoms in total. The number of aromatic amines is 4. The summed E-state index contributed by atoms with van der Waals surface area (Å²) in [7, 11) is 0. The molecule has 0 bridgehead atoms. The molecule has 0 aliphatic rings. The topological polar surface area (TPSA) is 290 Å². The number of nitrogens with one attached hydrogen (secondary N) is 6.